The molecular weight excluding hydrogens is 563 g/mol. The highest BCUT2D eigenvalue weighted by Gasteiger charge is 2.29. The maximum Gasteiger partial charge on any atom is 0.303 e. The van der Waals surface area contributed by atoms with Gasteiger partial charge in [-0.3, -0.25) is 9.59 Å². The predicted molar refractivity (Wildman–Crippen MR) is 132 cm³/mol. The van der Waals surface area contributed by atoms with Gasteiger partial charge in [-0.2, -0.15) is 9.78 Å². The molecule has 9 nitrogen and oxygen atoms in total. The first kappa shape index (κ1) is 24.9. The molecule has 0 saturated carbocycles. The maximum atomic E-state index is 12.2. The number of fused-ring (bicyclic) bond motifs is 1. The van der Waals surface area contributed by atoms with Crippen molar-refractivity contribution in [1.82, 2.24) is 19.7 Å². The second kappa shape index (κ2) is 10.2. The van der Waals surface area contributed by atoms with E-state index in [0.29, 0.717) is 26.3 Å². The van der Waals surface area contributed by atoms with Crippen molar-refractivity contribution in [2.75, 3.05) is 7.11 Å². The molecule has 35 heavy (non-hydrogen) atoms. The van der Waals surface area contributed by atoms with E-state index < -0.39 is 12.1 Å². The minimum absolute atomic E-state index is 0.0332. The molecule has 0 amide bonds. The average Bonchev–Trinajstić information content (AvgIpc) is 3.18. The zero-order chi connectivity index (χ0) is 25.3. The van der Waals surface area contributed by atoms with Crippen LogP contribution in [0.4, 0.5) is 0 Å². The summed E-state index contributed by atoms with van der Waals surface area (Å²) in [6.45, 7) is 2.60. The molecule has 1 unspecified atom stereocenters. The standard InChI is InChI=1S/C23H17BrCl2N4O5/c1-11(31)30-22-16(5-4-6-27-22)20(29-30)21(34-12(2)32)17-10-18(19(26)23(28-17)33-3)35-15-8-13(24)7-14(25)9-15/h4-10,21H,1-3H3. The second-order valence-electron chi connectivity index (χ2n) is 7.26. The van der Waals surface area contributed by atoms with E-state index in [9.17, 15) is 9.59 Å². The zero-order valence-electron chi connectivity index (χ0n) is 18.6. The van der Waals surface area contributed by atoms with Crippen LogP contribution in [-0.2, 0) is 9.53 Å². The van der Waals surface area contributed by atoms with Gasteiger partial charge < -0.3 is 14.2 Å². The van der Waals surface area contributed by atoms with Crippen LogP contribution in [0.5, 0.6) is 17.4 Å². The summed E-state index contributed by atoms with van der Waals surface area (Å²) >= 11 is 16.0. The summed E-state index contributed by atoms with van der Waals surface area (Å²) in [5.74, 6) is -0.357. The van der Waals surface area contributed by atoms with E-state index >= 15 is 0 Å². The van der Waals surface area contributed by atoms with E-state index in [1.54, 1.807) is 30.3 Å². The van der Waals surface area contributed by atoms with Gasteiger partial charge in [-0.05, 0) is 30.3 Å². The summed E-state index contributed by atoms with van der Waals surface area (Å²) in [6.07, 6.45) is 0.409. The summed E-state index contributed by atoms with van der Waals surface area (Å²) in [7, 11) is 1.39. The Hall–Kier alpha value is -3.21. The number of carbonyl (C=O) groups is 2. The van der Waals surface area contributed by atoms with Gasteiger partial charge in [0, 0.05) is 41.0 Å². The molecule has 180 valence electrons. The van der Waals surface area contributed by atoms with Gasteiger partial charge in [0.1, 0.15) is 16.5 Å². The van der Waals surface area contributed by atoms with Crippen molar-refractivity contribution in [2.24, 2.45) is 0 Å². The fourth-order valence-electron chi connectivity index (χ4n) is 3.37. The molecule has 0 aliphatic rings. The first-order valence-corrected chi connectivity index (χ1v) is 11.6. The van der Waals surface area contributed by atoms with Crippen LogP contribution >= 0.6 is 39.1 Å². The van der Waals surface area contributed by atoms with E-state index in [-0.39, 0.29) is 33.9 Å². The van der Waals surface area contributed by atoms with Crippen LogP contribution in [0.1, 0.15) is 36.1 Å². The van der Waals surface area contributed by atoms with E-state index in [0.717, 1.165) is 4.68 Å². The number of nitrogens with zero attached hydrogens (tertiary/aromatic N) is 4. The van der Waals surface area contributed by atoms with Crippen LogP contribution in [0.25, 0.3) is 11.0 Å². The summed E-state index contributed by atoms with van der Waals surface area (Å²) in [4.78, 5) is 32.9. The van der Waals surface area contributed by atoms with Gasteiger partial charge in [0.05, 0.1) is 12.8 Å². The van der Waals surface area contributed by atoms with Crippen molar-refractivity contribution in [3.05, 3.63) is 68.5 Å². The van der Waals surface area contributed by atoms with Crippen LogP contribution in [0.3, 0.4) is 0 Å². The molecule has 1 aromatic carbocycles. The summed E-state index contributed by atoms with van der Waals surface area (Å²) in [5.41, 5.74) is 0.775. The van der Waals surface area contributed by atoms with E-state index in [4.69, 9.17) is 37.4 Å². The molecule has 0 N–H and O–H groups in total. The molecule has 0 bridgehead atoms. The first-order chi connectivity index (χ1) is 16.7. The first-order valence-electron chi connectivity index (χ1n) is 10.1. The molecule has 0 spiro atoms. The molecular formula is C23H17BrCl2N4O5. The Labute approximate surface area is 218 Å². The highest BCUT2D eigenvalue weighted by Crippen LogP contribution is 2.40. The maximum absolute atomic E-state index is 12.2. The number of carbonyl (C=O) groups excluding carboxylic acids is 2. The molecule has 4 rings (SSSR count). The smallest absolute Gasteiger partial charge is 0.303 e. The molecule has 0 aliphatic carbocycles. The lowest BCUT2D eigenvalue weighted by molar-refractivity contribution is -0.145. The summed E-state index contributed by atoms with van der Waals surface area (Å²) < 4.78 is 18.8. The molecule has 0 saturated heterocycles. The molecule has 1 atom stereocenters. The van der Waals surface area contributed by atoms with Crippen molar-refractivity contribution in [2.45, 2.75) is 20.0 Å². The van der Waals surface area contributed by atoms with Crippen LogP contribution in [0.15, 0.2) is 47.1 Å². The number of ether oxygens (including phenoxy) is 3. The van der Waals surface area contributed by atoms with Gasteiger partial charge in [-0.25, -0.2) is 9.97 Å². The summed E-state index contributed by atoms with van der Waals surface area (Å²) in [5, 5.41) is 5.42. The third kappa shape index (κ3) is 5.24. The van der Waals surface area contributed by atoms with Gasteiger partial charge >= 0.3 is 5.97 Å². The Balaban J connectivity index is 1.90. The second-order valence-corrected chi connectivity index (χ2v) is 8.99. The Morgan fingerprint density at radius 1 is 1.14 bits per heavy atom. The topological polar surface area (TPSA) is 105 Å². The number of esters is 1. The van der Waals surface area contributed by atoms with E-state index in [1.165, 1.54) is 33.2 Å². The lowest BCUT2D eigenvalue weighted by Gasteiger charge is -2.18. The average molecular weight is 580 g/mol. The van der Waals surface area contributed by atoms with E-state index in [2.05, 4.69) is 31.0 Å². The van der Waals surface area contributed by atoms with Gasteiger partial charge in [-0.1, -0.05) is 39.1 Å². The largest absolute Gasteiger partial charge is 0.480 e. The summed E-state index contributed by atoms with van der Waals surface area (Å²) in [6, 6.07) is 9.91. The number of pyridine rings is 2. The Kier molecular flexibility index (Phi) is 7.25. The van der Waals surface area contributed by atoms with Crippen molar-refractivity contribution in [3.63, 3.8) is 0 Å². The number of methoxy groups -OCH3 is 1. The van der Waals surface area contributed by atoms with Gasteiger partial charge in [-0.15, -0.1) is 0 Å². The minimum atomic E-state index is -1.13. The molecule has 0 fully saturated rings. The number of hydrogen-bond donors (Lipinski definition) is 0. The quantitative estimate of drug-likeness (QED) is 0.256. The molecule has 0 aliphatic heterocycles. The fourth-order valence-corrected chi connectivity index (χ4v) is 4.41. The van der Waals surface area contributed by atoms with Gasteiger partial charge in [0.2, 0.25) is 11.8 Å². The number of benzene rings is 1. The fraction of sp³-hybridized carbons (Fsp3) is 0.174. The number of halogens is 3. The van der Waals surface area contributed by atoms with Crippen molar-refractivity contribution >= 4 is 62.0 Å². The van der Waals surface area contributed by atoms with Crippen molar-refractivity contribution in [3.8, 4) is 17.4 Å². The van der Waals surface area contributed by atoms with Crippen LogP contribution in [0, 0.1) is 0 Å². The Bertz CT molecular complexity index is 1440. The lowest BCUT2D eigenvalue weighted by atomic mass is 10.1. The number of aromatic nitrogens is 4. The van der Waals surface area contributed by atoms with Crippen molar-refractivity contribution < 1.29 is 23.8 Å². The van der Waals surface area contributed by atoms with Gasteiger partial charge in [0.15, 0.2) is 17.5 Å². The van der Waals surface area contributed by atoms with Gasteiger partial charge in [0.25, 0.3) is 0 Å². The highest BCUT2D eigenvalue weighted by atomic mass is 79.9. The molecule has 0 radical (unpaired) electrons. The Morgan fingerprint density at radius 2 is 1.91 bits per heavy atom. The highest BCUT2D eigenvalue weighted by molar-refractivity contribution is 9.10. The Morgan fingerprint density at radius 3 is 2.57 bits per heavy atom. The predicted octanol–water partition coefficient (Wildman–Crippen LogP) is 6.01. The molecule has 12 heteroatoms. The minimum Gasteiger partial charge on any atom is -0.480 e. The molecule has 4 aromatic rings. The van der Waals surface area contributed by atoms with Crippen LogP contribution in [-0.4, -0.2) is 38.7 Å². The number of rotatable bonds is 6. The zero-order valence-corrected chi connectivity index (χ0v) is 21.7. The molecule has 3 aromatic heterocycles. The lowest BCUT2D eigenvalue weighted by Crippen LogP contribution is -2.15. The third-order valence-corrected chi connectivity index (χ3v) is 5.76. The number of hydrogen-bond acceptors (Lipinski definition) is 8. The third-order valence-electron chi connectivity index (χ3n) is 4.74. The van der Waals surface area contributed by atoms with E-state index in [1.807, 2.05) is 0 Å². The SMILES string of the molecule is COc1nc(C(OC(C)=O)c2nn(C(C)=O)c3ncccc23)cc(Oc2cc(Cl)cc(Br)c2)c1Cl. The van der Waals surface area contributed by atoms with Crippen LogP contribution < -0.4 is 9.47 Å². The van der Waals surface area contributed by atoms with Crippen LogP contribution in [0.2, 0.25) is 10.0 Å². The molecule has 3 heterocycles. The monoisotopic (exact) mass is 578 g/mol. The van der Waals surface area contributed by atoms with Crippen molar-refractivity contribution in [1.29, 1.82) is 0 Å². The normalized spacial score (nSPS) is 11.8.